The van der Waals surface area contributed by atoms with Gasteiger partial charge in [0.1, 0.15) is 0 Å². The summed E-state index contributed by atoms with van der Waals surface area (Å²) < 4.78 is 13.0. The third-order valence-corrected chi connectivity index (χ3v) is 13.0. The molecule has 1 saturated carbocycles. The number of ether oxygens (including phenoxy) is 2. The predicted molar refractivity (Wildman–Crippen MR) is 173 cm³/mol. The van der Waals surface area contributed by atoms with Crippen molar-refractivity contribution in [3.8, 4) is 11.1 Å². The van der Waals surface area contributed by atoms with E-state index in [1.807, 2.05) is 14.2 Å². The fourth-order valence-corrected chi connectivity index (χ4v) is 11.3. The van der Waals surface area contributed by atoms with Crippen LogP contribution in [0.25, 0.3) is 21.9 Å². The van der Waals surface area contributed by atoms with Crippen LogP contribution in [0, 0.1) is 20.8 Å². The Morgan fingerprint density at radius 2 is 1.26 bits per heavy atom. The van der Waals surface area contributed by atoms with Gasteiger partial charge < -0.3 is 9.47 Å². The number of rotatable bonds is 2. The lowest BCUT2D eigenvalue weighted by Gasteiger charge is -2.36. The van der Waals surface area contributed by atoms with E-state index >= 15 is 0 Å². The molecule has 1 fully saturated rings. The Kier molecular flexibility index (Phi) is 4.81. The van der Waals surface area contributed by atoms with E-state index in [1.54, 1.807) is 5.56 Å². The number of benzene rings is 4. The Hall–Kier alpha value is -2.94. The highest BCUT2D eigenvalue weighted by atomic mass is 16.7. The van der Waals surface area contributed by atoms with Crippen molar-refractivity contribution in [2.75, 3.05) is 14.2 Å². The lowest BCUT2D eigenvalue weighted by molar-refractivity contribution is -0.154. The summed E-state index contributed by atoms with van der Waals surface area (Å²) in [6.07, 6.45) is 0. The maximum Gasteiger partial charge on any atom is 0.188 e. The Morgan fingerprint density at radius 3 is 1.95 bits per heavy atom. The molecule has 0 heterocycles. The van der Waals surface area contributed by atoms with E-state index in [2.05, 4.69) is 117 Å². The van der Waals surface area contributed by atoms with Crippen LogP contribution < -0.4 is 0 Å². The molecule has 0 radical (unpaired) electrons. The zero-order valence-corrected chi connectivity index (χ0v) is 27.2. The summed E-state index contributed by atoms with van der Waals surface area (Å²) in [4.78, 5) is 0. The lowest BCUT2D eigenvalue weighted by Crippen LogP contribution is -2.27. The predicted octanol–water partition coefficient (Wildman–Crippen LogP) is 9.41. The summed E-state index contributed by atoms with van der Waals surface area (Å²) in [6, 6.07) is 21.4. The second-order valence-corrected chi connectivity index (χ2v) is 15.3. The SMILES string of the molecule is COC1(OC)C2(C)c3ccc4c(c3-c3cc(C)c5c(C)cc(C)cc5c3C12C)C1C(c2ccccc2C1(C)C)C4(C)C. The number of hydrogen-bond acceptors (Lipinski definition) is 2. The largest absolute Gasteiger partial charge is 0.351 e. The minimum Gasteiger partial charge on any atom is -0.351 e. The van der Waals surface area contributed by atoms with Crippen molar-refractivity contribution in [1.82, 2.24) is 0 Å². The maximum atomic E-state index is 6.52. The minimum atomic E-state index is -0.754. The van der Waals surface area contributed by atoms with Crippen LogP contribution in [0.15, 0.2) is 54.6 Å². The van der Waals surface area contributed by atoms with Crippen LogP contribution in [0.1, 0.15) is 103 Å². The Morgan fingerprint density at radius 1 is 0.643 bits per heavy atom. The van der Waals surface area contributed by atoms with Gasteiger partial charge in [0.05, 0.1) is 10.8 Å². The van der Waals surface area contributed by atoms with Gasteiger partial charge in [0, 0.05) is 26.1 Å². The molecule has 2 nitrogen and oxygen atoms in total. The van der Waals surface area contributed by atoms with Crippen LogP contribution in [0.4, 0.5) is 0 Å². The molecular weight excluding hydrogens is 512 g/mol. The van der Waals surface area contributed by atoms with E-state index in [9.17, 15) is 0 Å². The highest BCUT2D eigenvalue weighted by Crippen LogP contribution is 2.81. The first-order chi connectivity index (χ1) is 19.8. The van der Waals surface area contributed by atoms with E-state index in [0.717, 1.165) is 0 Å². The number of methoxy groups -OCH3 is 2. The Bertz CT molecular complexity index is 1890. The van der Waals surface area contributed by atoms with E-state index in [1.165, 1.54) is 66.4 Å². The summed E-state index contributed by atoms with van der Waals surface area (Å²) in [5, 5.41) is 2.73. The summed E-state index contributed by atoms with van der Waals surface area (Å²) in [5.74, 6) is 0.0780. The molecule has 0 bridgehead atoms. The highest BCUT2D eigenvalue weighted by Gasteiger charge is 2.88. The van der Waals surface area contributed by atoms with Gasteiger partial charge in [0.2, 0.25) is 0 Å². The fourth-order valence-electron chi connectivity index (χ4n) is 11.3. The zero-order valence-electron chi connectivity index (χ0n) is 27.2. The molecule has 0 amide bonds. The standard InChI is InChI=1S/C40H44O2/c1-21-18-22(2)30-23(3)20-26-31-29(38(8)39(9,33(26)25(30)19-21)40(38,41-10)42-11)17-16-28-32(31)35-34(37(28,6)7)24-14-12-13-15-27(24)36(35,4)5/h12-20,34-35H,1-11H3. The first-order valence-electron chi connectivity index (χ1n) is 15.7. The highest BCUT2D eigenvalue weighted by molar-refractivity contribution is 6.02. The van der Waals surface area contributed by atoms with Crippen molar-refractivity contribution >= 4 is 10.8 Å². The Labute approximate surface area is 251 Å². The molecule has 0 N–H and O–H groups in total. The maximum absolute atomic E-state index is 6.52. The van der Waals surface area contributed by atoms with Crippen molar-refractivity contribution < 1.29 is 9.47 Å². The average molecular weight is 557 g/mol. The second kappa shape index (κ2) is 7.58. The summed E-state index contributed by atoms with van der Waals surface area (Å²) >= 11 is 0. The summed E-state index contributed by atoms with van der Waals surface area (Å²) in [7, 11) is 3.68. The summed E-state index contributed by atoms with van der Waals surface area (Å²) in [6.45, 7) is 21.5. The minimum absolute atomic E-state index is 0.0168. The normalized spacial score (nSPS) is 29.8. The molecule has 2 heteroatoms. The van der Waals surface area contributed by atoms with Gasteiger partial charge in [0.25, 0.3) is 0 Å². The molecule has 4 unspecified atom stereocenters. The topological polar surface area (TPSA) is 18.5 Å². The molecule has 0 spiro atoms. The molecule has 42 heavy (non-hydrogen) atoms. The van der Waals surface area contributed by atoms with E-state index in [0.29, 0.717) is 11.8 Å². The van der Waals surface area contributed by atoms with Gasteiger partial charge in [0.15, 0.2) is 5.79 Å². The number of aryl methyl sites for hydroxylation is 3. The van der Waals surface area contributed by atoms with Crippen molar-refractivity contribution in [1.29, 1.82) is 0 Å². The fraction of sp³-hybridized carbons (Fsp3) is 0.450. The molecule has 0 aromatic heterocycles. The second-order valence-electron chi connectivity index (χ2n) is 15.3. The van der Waals surface area contributed by atoms with Gasteiger partial charge in [-0.15, -0.1) is 0 Å². The molecule has 4 atom stereocenters. The van der Waals surface area contributed by atoms with E-state index < -0.39 is 5.79 Å². The van der Waals surface area contributed by atoms with Crippen LogP contribution in [-0.2, 0) is 31.1 Å². The Balaban J connectivity index is 1.57. The van der Waals surface area contributed by atoms with Gasteiger partial charge in [-0.1, -0.05) is 87.9 Å². The zero-order chi connectivity index (χ0) is 29.9. The van der Waals surface area contributed by atoms with Crippen LogP contribution >= 0.6 is 0 Å². The van der Waals surface area contributed by atoms with E-state index in [-0.39, 0.29) is 21.7 Å². The van der Waals surface area contributed by atoms with Crippen molar-refractivity contribution in [3.05, 3.63) is 105 Å². The van der Waals surface area contributed by atoms with Crippen molar-refractivity contribution in [3.63, 3.8) is 0 Å². The number of hydrogen-bond donors (Lipinski definition) is 0. The molecule has 4 aromatic rings. The molecule has 4 aromatic carbocycles. The quantitative estimate of drug-likeness (QED) is 0.229. The molecule has 216 valence electrons. The van der Waals surface area contributed by atoms with E-state index in [4.69, 9.17) is 9.47 Å². The van der Waals surface area contributed by atoms with Crippen LogP contribution in [0.2, 0.25) is 0 Å². The molecular formula is C40H44O2. The molecule has 8 rings (SSSR count). The first-order valence-corrected chi connectivity index (χ1v) is 15.7. The molecule has 4 aliphatic rings. The van der Waals surface area contributed by atoms with Gasteiger partial charge in [-0.25, -0.2) is 0 Å². The summed E-state index contributed by atoms with van der Waals surface area (Å²) in [5.41, 5.74) is 15.1. The third kappa shape index (κ3) is 2.46. The molecule has 0 saturated heterocycles. The van der Waals surface area contributed by atoms with Gasteiger partial charge >= 0.3 is 0 Å². The smallest absolute Gasteiger partial charge is 0.188 e. The van der Waals surface area contributed by atoms with Gasteiger partial charge in [-0.2, -0.15) is 0 Å². The molecule has 0 aliphatic heterocycles. The van der Waals surface area contributed by atoms with Crippen LogP contribution in [0.5, 0.6) is 0 Å². The monoisotopic (exact) mass is 556 g/mol. The molecule has 4 aliphatic carbocycles. The van der Waals surface area contributed by atoms with Crippen molar-refractivity contribution in [2.45, 2.75) is 102 Å². The van der Waals surface area contributed by atoms with Gasteiger partial charge in [-0.3, -0.25) is 0 Å². The third-order valence-electron chi connectivity index (χ3n) is 13.0. The first kappa shape index (κ1) is 26.7. The van der Waals surface area contributed by atoms with Crippen LogP contribution in [0.3, 0.4) is 0 Å². The van der Waals surface area contributed by atoms with Crippen LogP contribution in [-0.4, -0.2) is 20.0 Å². The van der Waals surface area contributed by atoms with Gasteiger partial charge in [-0.05, 0) is 112 Å². The number of fused-ring (bicyclic) bond motifs is 14. The van der Waals surface area contributed by atoms with Crippen molar-refractivity contribution in [2.24, 2.45) is 0 Å². The lowest BCUT2D eigenvalue weighted by atomic mass is 9.66. The average Bonchev–Trinajstić information content (AvgIpc) is 3.11.